The van der Waals surface area contributed by atoms with Gasteiger partial charge in [-0.3, -0.25) is 4.79 Å². The molecule has 1 heterocycles. The van der Waals surface area contributed by atoms with E-state index in [2.05, 4.69) is 16.0 Å². The van der Waals surface area contributed by atoms with Crippen LogP contribution in [0.5, 0.6) is 11.5 Å². The van der Waals surface area contributed by atoms with Gasteiger partial charge < -0.3 is 20.7 Å². The van der Waals surface area contributed by atoms with Crippen molar-refractivity contribution in [1.82, 2.24) is 10.6 Å². The number of hydrogen-bond acceptors (Lipinski definition) is 3. The Morgan fingerprint density at radius 1 is 1.04 bits per heavy atom. The number of carbonyl (C=O) groups is 2. The molecule has 3 N–H and O–H groups in total. The minimum atomic E-state index is -0.494. The maximum atomic E-state index is 12.2. The largest absolute Gasteiger partial charge is 0.457 e. The zero-order chi connectivity index (χ0) is 17.5. The third-order valence-electron chi connectivity index (χ3n) is 3.91. The number of anilines is 1. The van der Waals surface area contributed by atoms with Crippen molar-refractivity contribution in [3.05, 3.63) is 54.6 Å². The van der Waals surface area contributed by atoms with Gasteiger partial charge in [-0.2, -0.15) is 0 Å². The Labute approximate surface area is 146 Å². The Kier molecular flexibility index (Phi) is 5.51. The van der Waals surface area contributed by atoms with Crippen molar-refractivity contribution in [1.29, 1.82) is 0 Å². The molecule has 0 radical (unpaired) electrons. The second-order valence-electron chi connectivity index (χ2n) is 5.88. The summed E-state index contributed by atoms with van der Waals surface area (Å²) >= 11 is 0. The van der Waals surface area contributed by atoms with Crippen molar-refractivity contribution in [3.63, 3.8) is 0 Å². The lowest BCUT2D eigenvalue weighted by Crippen LogP contribution is -2.46. The summed E-state index contributed by atoms with van der Waals surface area (Å²) in [5, 5.41) is 8.27. The molecule has 0 aromatic heterocycles. The van der Waals surface area contributed by atoms with Crippen LogP contribution in [0, 0.1) is 0 Å². The quantitative estimate of drug-likeness (QED) is 0.800. The molecular weight excluding hydrogens is 318 g/mol. The van der Waals surface area contributed by atoms with Gasteiger partial charge in [0.2, 0.25) is 5.91 Å². The summed E-state index contributed by atoms with van der Waals surface area (Å²) in [4.78, 5) is 24.1. The Morgan fingerprint density at radius 3 is 2.68 bits per heavy atom. The van der Waals surface area contributed by atoms with E-state index in [4.69, 9.17) is 4.74 Å². The monoisotopic (exact) mass is 339 g/mol. The first-order valence-electron chi connectivity index (χ1n) is 8.39. The minimum absolute atomic E-state index is 0.131. The van der Waals surface area contributed by atoms with Crippen LogP contribution in [0.1, 0.15) is 19.3 Å². The Morgan fingerprint density at radius 2 is 1.84 bits per heavy atom. The lowest BCUT2D eigenvalue weighted by molar-refractivity contribution is -0.122. The number of para-hydroxylation sites is 1. The molecule has 6 heteroatoms. The SMILES string of the molecule is O=C(Nc1cccc(Oc2ccccc2)c1)NC1CCCCNC1=O. The summed E-state index contributed by atoms with van der Waals surface area (Å²) in [7, 11) is 0. The second kappa shape index (κ2) is 8.19. The van der Waals surface area contributed by atoms with Crippen LogP contribution in [0.2, 0.25) is 0 Å². The molecule has 3 amide bonds. The third-order valence-corrected chi connectivity index (χ3v) is 3.91. The van der Waals surface area contributed by atoms with E-state index in [1.807, 2.05) is 36.4 Å². The van der Waals surface area contributed by atoms with Crippen LogP contribution in [-0.2, 0) is 4.79 Å². The molecule has 2 aromatic carbocycles. The fraction of sp³-hybridized carbons (Fsp3) is 0.263. The molecule has 6 nitrogen and oxygen atoms in total. The predicted molar refractivity (Wildman–Crippen MR) is 95.8 cm³/mol. The summed E-state index contributed by atoms with van der Waals surface area (Å²) in [6.45, 7) is 0.664. The normalized spacial score (nSPS) is 17.1. The van der Waals surface area contributed by atoms with E-state index in [9.17, 15) is 9.59 Å². The zero-order valence-electron chi connectivity index (χ0n) is 13.8. The molecule has 130 valence electrons. The van der Waals surface area contributed by atoms with E-state index < -0.39 is 12.1 Å². The third kappa shape index (κ3) is 4.97. The van der Waals surface area contributed by atoms with E-state index in [1.165, 1.54) is 0 Å². The van der Waals surface area contributed by atoms with Gasteiger partial charge in [0.1, 0.15) is 17.5 Å². The molecule has 0 saturated carbocycles. The molecule has 1 atom stereocenters. The molecule has 0 spiro atoms. The fourth-order valence-corrected chi connectivity index (χ4v) is 2.66. The minimum Gasteiger partial charge on any atom is -0.457 e. The Balaban J connectivity index is 1.59. The highest BCUT2D eigenvalue weighted by atomic mass is 16.5. The highest BCUT2D eigenvalue weighted by molar-refractivity contribution is 5.93. The zero-order valence-corrected chi connectivity index (χ0v) is 13.8. The predicted octanol–water partition coefficient (Wildman–Crippen LogP) is 3.27. The number of rotatable bonds is 4. The van der Waals surface area contributed by atoms with Crippen LogP contribution in [-0.4, -0.2) is 24.5 Å². The molecule has 0 bridgehead atoms. The summed E-state index contributed by atoms with van der Waals surface area (Å²) < 4.78 is 5.75. The van der Waals surface area contributed by atoms with Crippen LogP contribution in [0.3, 0.4) is 0 Å². The Hall–Kier alpha value is -3.02. The summed E-state index contributed by atoms with van der Waals surface area (Å²) in [5.41, 5.74) is 0.597. The lowest BCUT2D eigenvalue weighted by atomic mass is 10.1. The molecule has 1 saturated heterocycles. The molecule has 25 heavy (non-hydrogen) atoms. The first-order valence-corrected chi connectivity index (χ1v) is 8.39. The van der Waals surface area contributed by atoms with Gasteiger partial charge in [-0.1, -0.05) is 24.3 Å². The molecule has 1 unspecified atom stereocenters. The molecular formula is C19H21N3O3. The standard InChI is InChI=1S/C19H21N3O3/c23-18-17(11-4-5-12-20-18)22-19(24)21-14-7-6-10-16(13-14)25-15-8-2-1-3-9-15/h1-3,6-10,13,17H,4-5,11-12H2,(H,20,23)(H2,21,22,24). The number of carbonyl (C=O) groups excluding carboxylic acids is 2. The van der Waals surface area contributed by atoms with Crippen LogP contribution in [0.25, 0.3) is 0 Å². The van der Waals surface area contributed by atoms with Crippen molar-refractivity contribution < 1.29 is 14.3 Å². The Bertz CT molecular complexity index is 734. The molecule has 1 fully saturated rings. The van der Waals surface area contributed by atoms with Crippen molar-refractivity contribution >= 4 is 17.6 Å². The number of benzene rings is 2. The van der Waals surface area contributed by atoms with Crippen molar-refractivity contribution in [2.45, 2.75) is 25.3 Å². The van der Waals surface area contributed by atoms with Crippen molar-refractivity contribution in [2.75, 3.05) is 11.9 Å². The summed E-state index contributed by atoms with van der Waals surface area (Å²) in [6.07, 6.45) is 2.49. The molecule has 1 aliphatic heterocycles. The van der Waals surface area contributed by atoms with Gasteiger partial charge in [0.15, 0.2) is 0 Å². The number of amides is 3. The van der Waals surface area contributed by atoms with Gasteiger partial charge in [-0.05, 0) is 43.5 Å². The lowest BCUT2D eigenvalue weighted by Gasteiger charge is -2.16. The molecule has 2 aromatic rings. The van der Waals surface area contributed by atoms with E-state index in [0.29, 0.717) is 24.4 Å². The van der Waals surface area contributed by atoms with E-state index >= 15 is 0 Å². The summed E-state index contributed by atoms with van der Waals surface area (Å²) in [6, 6.07) is 15.6. The average Bonchev–Trinajstić information content (AvgIpc) is 2.81. The maximum Gasteiger partial charge on any atom is 0.319 e. The van der Waals surface area contributed by atoms with Gasteiger partial charge >= 0.3 is 6.03 Å². The fourth-order valence-electron chi connectivity index (χ4n) is 2.66. The van der Waals surface area contributed by atoms with Gasteiger partial charge in [0.05, 0.1) is 0 Å². The van der Waals surface area contributed by atoms with Crippen LogP contribution >= 0.6 is 0 Å². The molecule has 1 aliphatic rings. The number of urea groups is 1. The smallest absolute Gasteiger partial charge is 0.319 e. The molecule has 0 aliphatic carbocycles. The van der Waals surface area contributed by atoms with Gasteiger partial charge in [-0.25, -0.2) is 4.79 Å². The van der Waals surface area contributed by atoms with Gasteiger partial charge in [-0.15, -0.1) is 0 Å². The highest BCUT2D eigenvalue weighted by Gasteiger charge is 2.22. The van der Waals surface area contributed by atoms with E-state index in [-0.39, 0.29) is 5.91 Å². The summed E-state index contributed by atoms with van der Waals surface area (Å²) in [5.74, 6) is 1.21. The van der Waals surface area contributed by atoms with Gasteiger partial charge in [0, 0.05) is 18.3 Å². The first kappa shape index (κ1) is 16.8. The van der Waals surface area contributed by atoms with E-state index in [1.54, 1.807) is 18.2 Å². The molecule has 3 rings (SSSR count). The number of hydrogen-bond donors (Lipinski definition) is 3. The average molecular weight is 339 g/mol. The van der Waals surface area contributed by atoms with Crippen LogP contribution in [0.4, 0.5) is 10.5 Å². The van der Waals surface area contributed by atoms with Gasteiger partial charge in [0.25, 0.3) is 0 Å². The highest BCUT2D eigenvalue weighted by Crippen LogP contribution is 2.23. The number of nitrogens with one attached hydrogen (secondary N) is 3. The first-order chi connectivity index (χ1) is 12.2. The van der Waals surface area contributed by atoms with Crippen molar-refractivity contribution in [3.8, 4) is 11.5 Å². The second-order valence-corrected chi connectivity index (χ2v) is 5.88. The van der Waals surface area contributed by atoms with Crippen molar-refractivity contribution in [2.24, 2.45) is 0 Å². The van der Waals surface area contributed by atoms with Crippen LogP contribution < -0.4 is 20.7 Å². The topological polar surface area (TPSA) is 79.5 Å². The van der Waals surface area contributed by atoms with Crippen LogP contribution in [0.15, 0.2) is 54.6 Å². The number of ether oxygens (including phenoxy) is 1. The maximum absolute atomic E-state index is 12.2. The van der Waals surface area contributed by atoms with E-state index in [0.717, 1.165) is 18.6 Å².